The summed E-state index contributed by atoms with van der Waals surface area (Å²) in [6.07, 6.45) is 9.20. The molecule has 2 saturated heterocycles. The zero-order valence-corrected chi connectivity index (χ0v) is 23.0. The van der Waals surface area contributed by atoms with Crippen molar-refractivity contribution >= 4 is 21.9 Å². The minimum Gasteiger partial charge on any atom is -0.481 e. The molecular formula is C28H44N2O6S. The number of carbonyl (C=O) groups is 2. The Morgan fingerprint density at radius 3 is 2.38 bits per heavy atom. The van der Waals surface area contributed by atoms with Crippen LogP contribution in [-0.2, 0) is 30.1 Å². The van der Waals surface area contributed by atoms with Crippen LogP contribution in [0, 0.1) is 11.8 Å². The molecule has 0 aromatic heterocycles. The van der Waals surface area contributed by atoms with E-state index in [2.05, 4.69) is 5.32 Å². The molecule has 4 unspecified atom stereocenters. The number of amides is 1. The highest BCUT2D eigenvalue weighted by molar-refractivity contribution is 7.88. The zero-order chi connectivity index (χ0) is 26.7. The molecule has 1 aromatic rings. The molecule has 2 N–H and O–H groups in total. The van der Waals surface area contributed by atoms with E-state index < -0.39 is 16.0 Å². The molecule has 208 valence electrons. The number of sulfonamides is 1. The lowest BCUT2D eigenvalue weighted by Crippen LogP contribution is -2.38. The lowest BCUT2D eigenvalue weighted by Gasteiger charge is -2.28. The third-order valence-corrected chi connectivity index (χ3v) is 9.52. The Bertz CT molecular complexity index is 955. The summed E-state index contributed by atoms with van der Waals surface area (Å²) in [5.74, 6) is -0.0202. The van der Waals surface area contributed by atoms with Gasteiger partial charge in [0.25, 0.3) is 0 Å². The van der Waals surface area contributed by atoms with Crippen molar-refractivity contribution in [3.05, 3.63) is 35.9 Å². The normalized spacial score (nSPS) is 23.0. The van der Waals surface area contributed by atoms with Gasteiger partial charge >= 0.3 is 5.97 Å². The van der Waals surface area contributed by atoms with Crippen LogP contribution in [0.3, 0.4) is 0 Å². The molecule has 1 aromatic carbocycles. The smallest absolute Gasteiger partial charge is 0.303 e. The van der Waals surface area contributed by atoms with Crippen molar-refractivity contribution in [1.82, 2.24) is 9.62 Å². The number of ether oxygens (including phenoxy) is 1. The Kier molecular flexibility index (Phi) is 11.9. The van der Waals surface area contributed by atoms with E-state index in [4.69, 9.17) is 9.84 Å². The van der Waals surface area contributed by atoms with Gasteiger partial charge in [-0.25, -0.2) is 12.7 Å². The van der Waals surface area contributed by atoms with Gasteiger partial charge in [0, 0.05) is 38.4 Å². The maximum absolute atomic E-state index is 12.9. The Morgan fingerprint density at radius 2 is 1.68 bits per heavy atom. The predicted octanol–water partition coefficient (Wildman–Crippen LogP) is 4.34. The van der Waals surface area contributed by atoms with Crippen LogP contribution in [0.2, 0.25) is 0 Å². The summed E-state index contributed by atoms with van der Waals surface area (Å²) in [5, 5.41) is 11.9. The molecule has 8 nitrogen and oxygen atoms in total. The van der Waals surface area contributed by atoms with Gasteiger partial charge in [0.05, 0.1) is 18.0 Å². The van der Waals surface area contributed by atoms with Gasteiger partial charge in [0.1, 0.15) is 0 Å². The number of carboxylic acids is 1. The van der Waals surface area contributed by atoms with E-state index in [1.165, 1.54) is 4.31 Å². The Hall–Kier alpha value is -1.97. The molecule has 2 fully saturated rings. The van der Waals surface area contributed by atoms with Gasteiger partial charge < -0.3 is 15.2 Å². The summed E-state index contributed by atoms with van der Waals surface area (Å²) in [7, 11) is -3.44. The second kappa shape index (κ2) is 14.8. The number of nitrogens with one attached hydrogen (secondary N) is 1. The largest absolute Gasteiger partial charge is 0.481 e. The van der Waals surface area contributed by atoms with Crippen LogP contribution >= 0.6 is 0 Å². The summed E-state index contributed by atoms with van der Waals surface area (Å²) < 4.78 is 33.5. The first-order valence-electron chi connectivity index (χ1n) is 14.0. The number of aliphatic carboxylic acids is 1. The molecule has 2 heterocycles. The van der Waals surface area contributed by atoms with Gasteiger partial charge in [-0.2, -0.15) is 0 Å². The van der Waals surface area contributed by atoms with Crippen LogP contribution in [-0.4, -0.2) is 61.5 Å². The van der Waals surface area contributed by atoms with E-state index in [1.54, 1.807) is 0 Å². The minimum absolute atomic E-state index is 0.0226. The summed E-state index contributed by atoms with van der Waals surface area (Å²) in [4.78, 5) is 23.3. The molecule has 2 bridgehead atoms. The van der Waals surface area contributed by atoms with Gasteiger partial charge in [0.15, 0.2) is 0 Å². The summed E-state index contributed by atoms with van der Waals surface area (Å²) >= 11 is 0. The van der Waals surface area contributed by atoms with Crippen molar-refractivity contribution in [2.75, 3.05) is 19.6 Å². The summed E-state index contributed by atoms with van der Waals surface area (Å²) in [6.45, 7) is 3.37. The van der Waals surface area contributed by atoms with Gasteiger partial charge in [-0.05, 0) is 50.0 Å². The molecule has 0 spiro atoms. The molecule has 9 heteroatoms. The summed E-state index contributed by atoms with van der Waals surface area (Å²) in [6, 6.07) is 9.19. The molecule has 0 aliphatic carbocycles. The van der Waals surface area contributed by atoms with Crippen LogP contribution in [0.4, 0.5) is 0 Å². The average molecular weight is 537 g/mol. The van der Waals surface area contributed by atoms with Gasteiger partial charge in [-0.15, -0.1) is 0 Å². The molecule has 0 saturated carbocycles. The number of carboxylic acid groups (broad SMARTS) is 1. The molecule has 0 radical (unpaired) electrons. The highest BCUT2D eigenvalue weighted by Gasteiger charge is 2.48. The maximum atomic E-state index is 12.9. The van der Waals surface area contributed by atoms with Crippen LogP contribution in [0.5, 0.6) is 0 Å². The predicted molar refractivity (Wildman–Crippen MR) is 143 cm³/mol. The summed E-state index contributed by atoms with van der Waals surface area (Å²) in [5.41, 5.74) is 0.768. The maximum Gasteiger partial charge on any atom is 0.303 e. The number of unbranched alkanes of at least 4 members (excludes halogenated alkanes) is 3. The first kappa shape index (κ1) is 29.6. The van der Waals surface area contributed by atoms with Gasteiger partial charge in [0.2, 0.25) is 15.9 Å². The number of rotatable bonds is 18. The number of nitrogens with zero attached hydrogens (tertiary/aromatic N) is 1. The standard InChI is InChI=1S/C28H44N2O6S/c1-2-18-30(37(34,35)21-22-11-6-5-7-12-22)19-10-14-27(31)29-20-24-23(25-16-17-26(24)36-25)13-8-3-4-9-15-28(32)33/h5-7,11-12,23-26H,2-4,8-10,13-21H2,1H3,(H,29,31)(H,32,33). The van der Waals surface area contributed by atoms with E-state index >= 15 is 0 Å². The fraction of sp³-hybridized carbons (Fsp3) is 0.714. The number of hydrogen-bond acceptors (Lipinski definition) is 5. The van der Waals surface area contributed by atoms with E-state index in [-0.39, 0.29) is 30.3 Å². The van der Waals surface area contributed by atoms with Gasteiger partial charge in [-0.1, -0.05) is 56.5 Å². The first-order chi connectivity index (χ1) is 17.8. The van der Waals surface area contributed by atoms with E-state index in [1.807, 2.05) is 37.3 Å². The lowest BCUT2D eigenvalue weighted by molar-refractivity contribution is -0.137. The van der Waals surface area contributed by atoms with Crippen molar-refractivity contribution in [2.45, 2.75) is 95.5 Å². The highest BCUT2D eigenvalue weighted by Crippen LogP contribution is 2.45. The molecule has 3 rings (SSSR count). The number of benzene rings is 1. The van der Waals surface area contributed by atoms with E-state index in [0.717, 1.165) is 56.9 Å². The van der Waals surface area contributed by atoms with E-state index in [0.29, 0.717) is 44.3 Å². The van der Waals surface area contributed by atoms with Crippen LogP contribution in [0.25, 0.3) is 0 Å². The van der Waals surface area contributed by atoms with Crippen molar-refractivity contribution in [2.24, 2.45) is 11.8 Å². The zero-order valence-electron chi connectivity index (χ0n) is 22.1. The molecule has 37 heavy (non-hydrogen) atoms. The second-order valence-electron chi connectivity index (χ2n) is 10.5. The van der Waals surface area contributed by atoms with Crippen LogP contribution in [0.15, 0.2) is 30.3 Å². The highest BCUT2D eigenvalue weighted by atomic mass is 32.2. The topological polar surface area (TPSA) is 113 Å². The third-order valence-electron chi connectivity index (χ3n) is 7.67. The number of carbonyl (C=O) groups excluding carboxylic acids is 1. The van der Waals surface area contributed by atoms with E-state index in [9.17, 15) is 18.0 Å². The second-order valence-corrected chi connectivity index (χ2v) is 12.5. The molecule has 2 aliphatic heterocycles. The number of hydrogen-bond donors (Lipinski definition) is 2. The molecular weight excluding hydrogens is 492 g/mol. The fourth-order valence-corrected chi connectivity index (χ4v) is 7.48. The van der Waals surface area contributed by atoms with Crippen molar-refractivity contribution in [3.63, 3.8) is 0 Å². The van der Waals surface area contributed by atoms with Crippen LogP contribution < -0.4 is 5.32 Å². The number of fused-ring (bicyclic) bond motifs is 2. The third kappa shape index (κ3) is 9.37. The molecule has 2 aliphatic rings. The Balaban J connectivity index is 1.39. The van der Waals surface area contributed by atoms with Gasteiger partial charge in [-0.3, -0.25) is 9.59 Å². The molecule has 1 amide bonds. The quantitative estimate of drug-likeness (QED) is 0.270. The van der Waals surface area contributed by atoms with Crippen molar-refractivity contribution in [3.8, 4) is 0 Å². The van der Waals surface area contributed by atoms with Crippen molar-refractivity contribution in [1.29, 1.82) is 0 Å². The lowest BCUT2D eigenvalue weighted by atomic mass is 9.76. The van der Waals surface area contributed by atoms with Crippen LogP contribution in [0.1, 0.15) is 83.1 Å². The Morgan fingerprint density at radius 1 is 0.973 bits per heavy atom. The fourth-order valence-electron chi connectivity index (χ4n) is 5.81. The average Bonchev–Trinajstić information content (AvgIpc) is 3.46. The SMILES string of the molecule is CCCN(CCCC(=O)NCC1C2CCC(O2)C1CCCCCCC(=O)O)S(=O)(=O)Cc1ccccc1. The molecule has 4 atom stereocenters. The Labute approximate surface area is 222 Å². The minimum atomic E-state index is -3.44. The first-order valence-corrected chi connectivity index (χ1v) is 15.6. The van der Waals surface area contributed by atoms with Crippen molar-refractivity contribution < 1.29 is 27.9 Å². The monoisotopic (exact) mass is 536 g/mol.